The summed E-state index contributed by atoms with van der Waals surface area (Å²) in [6.07, 6.45) is 4.91. The van der Waals surface area contributed by atoms with E-state index in [9.17, 15) is 4.39 Å². The van der Waals surface area contributed by atoms with E-state index in [2.05, 4.69) is 30.7 Å². The number of benzene rings is 1. The van der Waals surface area contributed by atoms with Gasteiger partial charge in [0.25, 0.3) is 0 Å². The van der Waals surface area contributed by atoms with Crippen molar-refractivity contribution in [3.05, 3.63) is 39.9 Å². The van der Waals surface area contributed by atoms with Crippen molar-refractivity contribution < 1.29 is 4.39 Å². The molecule has 2 aliphatic rings. The summed E-state index contributed by atoms with van der Waals surface area (Å²) >= 11 is 4.87. The van der Waals surface area contributed by atoms with Crippen molar-refractivity contribution in [1.29, 1.82) is 0 Å². The molecule has 1 aromatic carbocycles. The van der Waals surface area contributed by atoms with E-state index in [1.165, 1.54) is 31.7 Å². The molecule has 0 atom stereocenters. The molecule has 0 aliphatic heterocycles. The predicted octanol–water partition coefficient (Wildman–Crippen LogP) is 4.68. The molecule has 3 nitrogen and oxygen atoms in total. The van der Waals surface area contributed by atoms with E-state index in [0.717, 1.165) is 15.5 Å². The van der Waals surface area contributed by atoms with Gasteiger partial charge in [-0.05, 0) is 43.4 Å². The van der Waals surface area contributed by atoms with Crippen LogP contribution in [0.5, 0.6) is 0 Å². The van der Waals surface area contributed by atoms with E-state index >= 15 is 0 Å². The van der Waals surface area contributed by atoms with E-state index in [1.807, 2.05) is 12.1 Å². The molecule has 0 saturated heterocycles. The number of nitrogens with zero attached hydrogens (tertiary/aromatic N) is 3. The van der Waals surface area contributed by atoms with Crippen LogP contribution in [-0.4, -0.2) is 14.8 Å². The standard InChI is InChI=1S/C15H15BrFN3S/c16-11-4-3-10(13(17)7-11)8-21-15-19-18-14(9-1-2-9)20(15)12-5-6-12/h3-4,7,9,12H,1-2,5-6,8H2. The third-order valence-corrected chi connectivity index (χ3v) is 5.40. The molecule has 0 amide bonds. The molecule has 1 heterocycles. The topological polar surface area (TPSA) is 30.7 Å². The van der Waals surface area contributed by atoms with Gasteiger partial charge in [0, 0.05) is 22.2 Å². The minimum Gasteiger partial charge on any atom is -0.303 e. The van der Waals surface area contributed by atoms with Gasteiger partial charge < -0.3 is 4.57 Å². The number of hydrogen-bond acceptors (Lipinski definition) is 3. The van der Waals surface area contributed by atoms with Gasteiger partial charge in [-0.25, -0.2) is 4.39 Å². The van der Waals surface area contributed by atoms with Crippen LogP contribution in [0.1, 0.15) is 49.0 Å². The third kappa shape index (κ3) is 2.88. The first-order chi connectivity index (χ1) is 10.2. The van der Waals surface area contributed by atoms with Gasteiger partial charge in [-0.15, -0.1) is 10.2 Å². The Bertz CT molecular complexity index is 680. The molecule has 2 fully saturated rings. The normalized spacial score (nSPS) is 18.2. The molecule has 1 aromatic heterocycles. The van der Waals surface area contributed by atoms with Crippen molar-refractivity contribution in [2.45, 2.75) is 48.6 Å². The summed E-state index contributed by atoms with van der Waals surface area (Å²) in [4.78, 5) is 0. The highest BCUT2D eigenvalue weighted by Crippen LogP contribution is 2.46. The minimum atomic E-state index is -0.170. The van der Waals surface area contributed by atoms with Gasteiger partial charge in [-0.2, -0.15) is 0 Å². The lowest BCUT2D eigenvalue weighted by molar-refractivity contribution is 0.614. The van der Waals surface area contributed by atoms with Gasteiger partial charge in [0.05, 0.1) is 0 Å². The molecule has 0 radical (unpaired) electrons. The maximum Gasteiger partial charge on any atom is 0.191 e. The van der Waals surface area contributed by atoms with Crippen molar-refractivity contribution in [2.75, 3.05) is 0 Å². The first kappa shape index (κ1) is 13.8. The Labute approximate surface area is 135 Å². The predicted molar refractivity (Wildman–Crippen MR) is 83.9 cm³/mol. The molecule has 4 rings (SSSR count). The van der Waals surface area contributed by atoms with Gasteiger partial charge in [0.15, 0.2) is 5.16 Å². The number of aromatic nitrogens is 3. The van der Waals surface area contributed by atoms with Crippen molar-refractivity contribution in [2.24, 2.45) is 0 Å². The van der Waals surface area contributed by atoms with Crippen LogP contribution in [0.25, 0.3) is 0 Å². The van der Waals surface area contributed by atoms with Crippen molar-refractivity contribution in [1.82, 2.24) is 14.8 Å². The zero-order valence-electron chi connectivity index (χ0n) is 11.4. The summed E-state index contributed by atoms with van der Waals surface area (Å²) in [6.45, 7) is 0. The first-order valence-electron chi connectivity index (χ1n) is 7.24. The second kappa shape index (κ2) is 5.39. The second-order valence-electron chi connectivity index (χ2n) is 5.74. The van der Waals surface area contributed by atoms with Crippen molar-refractivity contribution in [3.8, 4) is 0 Å². The summed E-state index contributed by atoms with van der Waals surface area (Å²) in [7, 11) is 0. The summed E-state index contributed by atoms with van der Waals surface area (Å²) in [6, 6.07) is 5.79. The number of thioether (sulfide) groups is 1. The van der Waals surface area contributed by atoms with E-state index in [0.29, 0.717) is 23.3 Å². The fraction of sp³-hybridized carbons (Fsp3) is 0.467. The maximum atomic E-state index is 13.9. The highest BCUT2D eigenvalue weighted by Gasteiger charge is 2.36. The average molecular weight is 368 g/mol. The van der Waals surface area contributed by atoms with Crippen molar-refractivity contribution in [3.63, 3.8) is 0 Å². The van der Waals surface area contributed by atoms with E-state index < -0.39 is 0 Å². The van der Waals surface area contributed by atoms with E-state index in [1.54, 1.807) is 11.8 Å². The Kier molecular flexibility index (Phi) is 3.53. The van der Waals surface area contributed by atoms with Gasteiger partial charge in [0.2, 0.25) is 0 Å². The second-order valence-corrected chi connectivity index (χ2v) is 7.60. The van der Waals surface area contributed by atoms with E-state index in [-0.39, 0.29) is 5.82 Å². The quantitative estimate of drug-likeness (QED) is 0.718. The molecular formula is C15H15BrFN3S. The summed E-state index contributed by atoms with van der Waals surface area (Å²) < 4.78 is 17.0. The van der Waals surface area contributed by atoms with Crippen LogP contribution >= 0.6 is 27.7 Å². The molecule has 2 saturated carbocycles. The van der Waals surface area contributed by atoms with Crippen LogP contribution in [0.15, 0.2) is 27.8 Å². The van der Waals surface area contributed by atoms with E-state index in [4.69, 9.17) is 0 Å². The fourth-order valence-electron chi connectivity index (χ4n) is 2.46. The third-order valence-electron chi connectivity index (χ3n) is 3.92. The zero-order valence-corrected chi connectivity index (χ0v) is 13.8. The summed E-state index contributed by atoms with van der Waals surface area (Å²) in [5, 5.41) is 9.67. The van der Waals surface area contributed by atoms with Crippen LogP contribution in [0.4, 0.5) is 4.39 Å². The Balaban J connectivity index is 1.54. The van der Waals surface area contributed by atoms with Gasteiger partial charge in [-0.3, -0.25) is 0 Å². The lowest BCUT2D eigenvalue weighted by atomic mass is 10.2. The highest BCUT2D eigenvalue weighted by molar-refractivity contribution is 9.10. The minimum absolute atomic E-state index is 0.170. The van der Waals surface area contributed by atoms with Crippen molar-refractivity contribution >= 4 is 27.7 Å². The maximum absolute atomic E-state index is 13.9. The molecule has 0 unspecified atom stereocenters. The largest absolute Gasteiger partial charge is 0.303 e. The Morgan fingerprint density at radius 2 is 2.05 bits per heavy atom. The Hall–Kier alpha value is -0.880. The molecule has 2 aromatic rings. The molecule has 0 bridgehead atoms. The highest BCUT2D eigenvalue weighted by atomic mass is 79.9. The SMILES string of the molecule is Fc1cc(Br)ccc1CSc1nnc(C2CC2)n1C1CC1. The summed E-state index contributed by atoms with van der Waals surface area (Å²) in [5.74, 6) is 2.18. The number of rotatable bonds is 5. The molecule has 0 spiro atoms. The fourth-order valence-corrected chi connectivity index (χ4v) is 3.80. The average Bonchev–Trinajstić information content (AvgIpc) is 3.37. The molecule has 110 valence electrons. The smallest absolute Gasteiger partial charge is 0.191 e. The Morgan fingerprint density at radius 1 is 1.24 bits per heavy atom. The van der Waals surface area contributed by atoms with Crippen LogP contribution in [0.3, 0.4) is 0 Å². The van der Waals surface area contributed by atoms with Gasteiger partial charge >= 0.3 is 0 Å². The van der Waals surface area contributed by atoms with Crippen LogP contribution < -0.4 is 0 Å². The first-order valence-corrected chi connectivity index (χ1v) is 9.02. The molecule has 6 heteroatoms. The van der Waals surface area contributed by atoms with Crippen LogP contribution in [0.2, 0.25) is 0 Å². The van der Waals surface area contributed by atoms with Gasteiger partial charge in [-0.1, -0.05) is 33.8 Å². The Morgan fingerprint density at radius 3 is 2.71 bits per heavy atom. The molecule has 21 heavy (non-hydrogen) atoms. The molecule has 0 N–H and O–H groups in total. The monoisotopic (exact) mass is 367 g/mol. The lowest BCUT2D eigenvalue weighted by Crippen LogP contribution is -2.02. The molecule has 2 aliphatic carbocycles. The number of hydrogen-bond donors (Lipinski definition) is 0. The number of halogens is 2. The zero-order chi connectivity index (χ0) is 14.4. The molecular weight excluding hydrogens is 353 g/mol. The van der Waals surface area contributed by atoms with Crippen LogP contribution in [-0.2, 0) is 5.75 Å². The lowest BCUT2D eigenvalue weighted by Gasteiger charge is -2.08. The van der Waals surface area contributed by atoms with Gasteiger partial charge in [0.1, 0.15) is 11.6 Å². The van der Waals surface area contributed by atoms with Crippen LogP contribution in [0, 0.1) is 5.82 Å². The summed E-state index contributed by atoms with van der Waals surface area (Å²) in [5.41, 5.74) is 0.710.